The number of H-pyrrole nitrogens is 2. The highest BCUT2D eigenvalue weighted by atomic mass is 19.1. The number of benzene rings is 1. The van der Waals surface area contributed by atoms with Crippen molar-refractivity contribution in [2.45, 2.75) is 0 Å². The molecule has 8 heteroatoms. The third-order valence-electron chi connectivity index (χ3n) is 5.69. The number of hydrogen-bond donors (Lipinski definition) is 2. The first kappa shape index (κ1) is 20.2. The molecule has 0 amide bonds. The second-order valence-corrected chi connectivity index (χ2v) is 7.81. The molecule has 2 aliphatic rings. The van der Waals surface area contributed by atoms with E-state index in [1.165, 1.54) is 30.4 Å². The van der Waals surface area contributed by atoms with Gasteiger partial charge in [0, 0.05) is 17.2 Å². The van der Waals surface area contributed by atoms with Gasteiger partial charge in [0.25, 0.3) is 0 Å². The van der Waals surface area contributed by atoms with Gasteiger partial charge in [-0.2, -0.15) is 0 Å². The molecule has 0 radical (unpaired) electrons. The van der Waals surface area contributed by atoms with E-state index in [9.17, 15) is 8.78 Å². The summed E-state index contributed by atoms with van der Waals surface area (Å²) in [6, 6.07) is 14.9. The maximum Gasteiger partial charge on any atom is 0.177 e. The van der Waals surface area contributed by atoms with Crippen LogP contribution in [0.4, 0.5) is 17.6 Å². The van der Waals surface area contributed by atoms with Crippen molar-refractivity contribution in [1.29, 1.82) is 0 Å². The first-order chi connectivity index (χ1) is 16.5. The van der Waals surface area contributed by atoms with Crippen LogP contribution in [0.2, 0.25) is 0 Å². The molecule has 2 aliphatic heterocycles. The fourth-order valence-electron chi connectivity index (χ4n) is 4.05. The summed E-state index contributed by atoms with van der Waals surface area (Å²) in [7, 11) is 0. The van der Waals surface area contributed by atoms with E-state index in [4.69, 9.17) is 0 Å². The van der Waals surface area contributed by atoms with E-state index in [1.807, 2.05) is 6.07 Å². The van der Waals surface area contributed by atoms with E-state index >= 15 is 8.78 Å². The average Bonchev–Trinajstić information content (AvgIpc) is 3.65. The third-order valence-corrected chi connectivity index (χ3v) is 5.69. The molecule has 0 saturated heterocycles. The standard InChI is InChI=1S/C26H14F4N4/c27-14-12-21-22(13-4-2-1-3-5-13)15-6-7-16(31-15)23(28)17-8-9-18(32-17)24(29)19-10-11-20(33-19)25(30)26(14)34-21/h1-12,31-32H. The molecule has 5 heterocycles. The van der Waals surface area contributed by atoms with E-state index in [0.717, 1.165) is 6.08 Å². The van der Waals surface area contributed by atoms with Crippen LogP contribution in [0.15, 0.2) is 54.6 Å². The number of nitrogens with one attached hydrogen (secondary N) is 2. The molecule has 3 aromatic heterocycles. The Labute approximate surface area is 190 Å². The van der Waals surface area contributed by atoms with Crippen molar-refractivity contribution >= 4 is 46.1 Å². The quantitative estimate of drug-likeness (QED) is 0.265. The molecule has 8 bridgehead atoms. The minimum atomic E-state index is -1.01. The van der Waals surface area contributed by atoms with Crippen molar-refractivity contribution in [3.63, 3.8) is 0 Å². The molecule has 0 saturated carbocycles. The van der Waals surface area contributed by atoms with Crippen LogP contribution in [0, 0.1) is 17.5 Å². The van der Waals surface area contributed by atoms with Gasteiger partial charge in [-0.05, 0) is 42.0 Å². The minimum Gasteiger partial charge on any atom is -0.352 e. The average molecular weight is 458 g/mol. The van der Waals surface area contributed by atoms with Crippen LogP contribution in [-0.2, 0) is 0 Å². The number of aromatic amines is 2. The van der Waals surface area contributed by atoms with E-state index in [-0.39, 0.29) is 33.6 Å². The summed E-state index contributed by atoms with van der Waals surface area (Å²) in [6.07, 6.45) is 3.62. The maximum absolute atomic E-state index is 15.3. The number of aromatic nitrogens is 4. The molecule has 0 atom stereocenters. The summed E-state index contributed by atoms with van der Waals surface area (Å²) in [5, 5.41) is 0. The second kappa shape index (κ2) is 7.55. The highest BCUT2D eigenvalue weighted by Crippen LogP contribution is 2.34. The fraction of sp³-hybridized carbons (Fsp3) is 0. The highest BCUT2D eigenvalue weighted by Gasteiger charge is 2.22. The second-order valence-electron chi connectivity index (χ2n) is 7.81. The number of rotatable bonds is 1. The minimum absolute atomic E-state index is 0.0227. The summed E-state index contributed by atoms with van der Waals surface area (Å²) < 4.78 is 60.3. The number of halogens is 4. The number of fused-ring (bicyclic) bond motifs is 8. The predicted octanol–water partition coefficient (Wildman–Crippen LogP) is 7.04. The summed E-state index contributed by atoms with van der Waals surface area (Å²) in [6.45, 7) is 0. The van der Waals surface area contributed by atoms with E-state index in [1.54, 1.807) is 30.3 Å². The summed E-state index contributed by atoms with van der Waals surface area (Å²) in [5.41, 5.74) is 0.942. The van der Waals surface area contributed by atoms with Gasteiger partial charge in [-0.3, -0.25) is 0 Å². The highest BCUT2D eigenvalue weighted by molar-refractivity contribution is 5.93. The zero-order chi connectivity index (χ0) is 23.4. The van der Waals surface area contributed by atoms with E-state index in [2.05, 4.69) is 19.9 Å². The Kier molecular flexibility index (Phi) is 4.48. The van der Waals surface area contributed by atoms with Crippen molar-refractivity contribution in [3.05, 3.63) is 94.8 Å². The Hall–Kier alpha value is -4.46. The lowest BCUT2D eigenvalue weighted by Gasteiger charge is -2.03. The van der Waals surface area contributed by atoms with Crippen LogP contribution < -0.4 is 0 Å². The van der Waals surface area contributed by atoms with Gasteiger partial charge in [-0.15, -0.1) is 0 Å². The van der Waals surface area contributed by atoms with E-state index < -0.39 is 29.0 Å². The molecule has 0 unspecified atom stereocenters. The molecule has 34 heavy (non-hydrogen) atoms. The monoisotopic (exact) mass is 458 g/mol. The summed E-state index contributed by atoms with van der Waals surface area (Å²) in [4.78, 5) is 13.8. The number of hydrogen-bond acceptors (Lipinski definition) is 2. The Bertz CT molecular complexity index is 1700. The number of nitrogens with zero attached hydrogens (tertiary/aromatic N) is 2. The van der Waals surface area contributed by atoms with Crippen LogP contribution in [0.25, 0.3) is 57.2 Å². The molecular formula is C26H14F4N4. The smallest absolute Gasteiger partial charge is 0.177 e. The third kappa shape index (κ3) is 3.14. The molecule has 0 aliphatic carbocycles. The van der Waals surface area contributed by atoms with Crippen molar-refractivity contribution in [2.24, 2.45) is 0 Å². The normalized spacial score (nSPS) is 12.8. The van der Waals surface area contributed by atoms with Gasteiger partial charge in [-0.25, -0.2) is 27.5 Å². The first-order valence-electron chi connectivity index (χ1n) is 10.4. The Morgan fingerprint density at radius 2 is 1.15 bits per heavy atom. The lowest BCUT2D eigenvalue weighted by atomic mass is 10.0. The van der Waals surface area contributed by atoms with Crippen molar-refractivity contribution in [1.82, 2.24) is 19.9 Å². The van der Waals surface area contributed by atoms with Gasteiger partial charge < -0.3 is 9.97 Å². The lowest BCUT2D eigenvalue weighted by Crippen LogP contribution is -1.91. The molecule has 0 spiro atoms. The van der Waals surface area contributed by atoms with Crippen molar-refractivity contribution in [2.75, 3.05) is 0 Å². The molecule has 1 aromatic carbocycles. The largest absolute Gasteiger partial charge is 0.352 e. The van der Waals surface area contributed by atoms with Crippen LogP contribution in [-0.4, -0.2) is 19.9 Å². The zero-order valence-corrected chi connectivity index (χ0v) is 17.3. The Morgan fingerprint density at radius 3 is 1.85 bits per heavy atom. The van der Waals surface area contributed by atoms with Gasteiger partial charge in [-0.1, -0.05) is 30.3 Å². The van der Waals surface area contributed by atoms with Crippen LogP contribution in [0.5, 0.6) is 0 Å². The van der Waals surface area contributed by atoms with Gasteiger partial charge >= 0.3 is 0 Å². The molecule has 0 fully saturated rings. The zero-order valence-electron chi connectivity index (χ0n) is 17.3. The maximum atomic E-state index is 15.3. The Morgan fingerprint density at radius 1 is 0.559 bits per heavy atom. The van der Waals surface area contributed by atoms with Crippen LogP contribution in [0.3, 0.4) is 0 Å². The van der Waals surface area contributed by atoms with Gasteiger partial charge in [0.05, 0.1) is 22.2 Å². The van der Waals surface area contributed by atoms with Crippen molar-refractivity contribution in [3.8, 4) is 11.1 Å². The molecule has 2 N–H and O–H groups in total. The topological polar surface area (TPSA) is 57.4 Å². The molecule has 4 aromatic rings. The van der Waals surface area contributed by atoms with Crippen LogP contribution >= 0.6 is 0 Å². The van der Waals surface area contributed by atoms with Gasteiger partial charge in [0.1, 0.15) is 17.1 Å². The molecule has 166 valence electrons. The van der Waals surface area contributed by atoms with Gasteiger partial charge in [0.15, 0.2) is 23.3 Å². The SMILES string of the molecule is FC1=Cc2nc1c(F)c1nc(c(F)c3ccc([nH]3)c(F)c3ccc([nH]3)c2-c2ccccc2)C=C1. The summed E-state index contributed by atoms with van der Waals surface area (Å²) >= 11 is 0. The fourth-order valence-corrected chi connectivity index (χ4v) is 4.05. The Balaban J connectivity index is 1.82. The first-order valence-corrected chi connectivity index (χ1v) is 10.4. The van der Waals surface area contributed by atoms with Gasteiger partial charge in [0.2, 0.25) is 0 Å². The molecule has 6 rings (SSSR count). The molecular weight excluding hydrogens is 444 g/mol. The predicted molar refractivity (Wildman–Crippen MR) is 124 cm³/mol. The van der Waals surface area contributed by atoms with E-state index in [0.29, 0.717) is 16.6 Å². The lowest BCUT2D eigenvalue weighted by molar-refractivity contribution is 0.600. The summed E-state index contributed by atoms with van der Waals surface area (Å²) in [5.74, 6) is -3.34. The van der Waals surface area contributed by atoms with Crippen molar-refractivity contribution < 1.29 is 17.6 Å². The molecule has 4 nitrogen and oxygen atoms in total. The van der Waals surface area contributed by atoms with Crippen LogP contribution in [0.1, 0.15) is 22.8 Å².